The Bertz CT molecular complexity index is 911. The summed E-state index contributed by atoms with van der Waals surface area (Å²) in [6.07, 6.45) is 3.36. The van der Waals surface area contributed by atoms with Crippen molar-refractivity contribution in [3.8, 4) is 11.6 Å². The van der Waals surface area contributed by atoms with Crippen LogP contribution in [-0.2, 0) is 19.4 Å². The second-order valence-corrected chi connectivity index (χ2v) is 6.74. The maximum Gasteiger partial charge on any atom is 0.276 e. The van der Waals surface area contributed by atoms with Crippen LogP contribution in [0.1, 0.15) is 30.8 Å². The number of benzene rings is 1. The molecule has 160 valence electrons. The van der Waals surface area contributed by atoms with Crippen LogP contribution in [-0.4, -0.2) is 46.1 Å². The zero-order valence-electron chi connectivity index (χ0n) is 17.7. The molecule has 0 radical (unpaired) electrons. The van der Waals surface area contributed by atoms with Gasteiger partial charge in [-0.15, -0.1) is 24.0 Å². The summed E-state index contributed by atoms with van der Waals surface area (Å²) in [4.78, 5) is 15.5. The van der Waals surface area contributed by atoms with Crippen molar-refractivity contribution in [3.05, 3.63) is 65.6 Å². The molecule has 1 N–H and O–H groups in total. The lowest BCUT2D eigenvalue weighted by molar-refractivity contribution is 0.421. The number of aromatic nitrogens is 3. The van der Waals surface area contributed by atoms with E-state index >= 15 is 0 Å². The number of aryl methyl sites for hydroxylation is 1. The maximum atomic E-state index is 5.30. The summed E-state index contributed by atoms with van der Waals surface area (Å²) >= 11 is 0. The molecule has 8 heteroatoms. The van der Waals surface area contributed by atoms with Gasteiger partial charge in [0.1, 0.15) is 5.69 Å². The van der Waals surface area contributed by atoms with Crippen LogP contribution in [0.3, 0.4) is 0 Å². The normalized spacial score (nSPS) is 11.1. The Morgan fingerprint density at radius 3 is 2.53 bits per heavy atom. The van der Waals surface area contributed by atoms with Gasteiger partial charge in [-0.25, -0.2) is 0 Å². The minimum atomic E-state index is 0. The van der Waals surface area contributed by atoms with Gasteiger partial charge >= 0.3 is 0 Å². The molecule has 0 unspecified atom stereocenters. The van der Waals surface area contributed by atoms with E-state index in [9.17, 15) is 0 Å². The van der Waals surface area contributed by atoms with Crippen LogP contribution >= 0.6 is 24.0 Å². The Morgan fingerprint density at radius 2 is 1.87 bits per heavy atom. The van der Waals surface area contributed by atoms with Crippen molar-refractivity contribution in [1.29, 1.82) is 0 Å². The minimum absolute atomic E-state index is 0. The standard InChI is InChI=1S/C22H28N6O.HI/c1-4-17-9-11-18(12-10-17)16-28(3)22(23-5-2)25-15-13-20-26-21(29-27-20)19-8-6-7-14-24-19;/h6-12,14H,4-5,13,15-16H2,1-3H3,(H,23,25);1H. The van der Waals surface area contributed by atoms with Crippen LogP contribution < -0.4 is 5.32 Å². The Kier molecular flexibility index (Phi) is 9.72. The predicted octanol–water partition coefficient (Wildman–Crippen LogP) is 3.95. The molecule has 3 aromatic rings. The van der Waals surface area contributed by atoms with Gasteiger partial charge in [-0.2, -0.15) is 4.98 Å². The van der Waals surface area contributed by atoms with Crippen LogP contribution in [0.25, 0.3) is 11.6 Å². The smallest absolute Gasteiger partial charge is 0.276 e. The average Bonchev–Trinajstić information content (AvgIpc) is 3.23. The van der Waals surface area contributed by atoms with Crippen LogP contribution in [0.15, 0.2) is 58.2 Å². The quantitative estimate of drug-likeness (QED) is 0.275. The number of aliphatic imine (C=N–C) groups is 1. The molecule has 0 atom stereocenters. The highest BCUT2D eigenvalue weighted by molar-refractivity contribution is 14.0. The van der Waals surface area contributed by atoms with E-state index in [0.717, 1.165) is 25.5 Å². The second kappa shape index (κ2) is 12.3. The van der Waals surface area contributed by atoms with Gasteiger partial charge in [-0.05, 0) is 36.6 Å². The monoisotopic (exact) mass is 520 g/mol. The summed E-state index contributed by atoms with van der Waals surface area (Å²) < 4.78 is 5.30. The summed E-state index contributed by atoms with van der Waals surface area (Å²) in [6, 6.07) is 14.3. The molecule has 0 fully saturated rings. The van der Waals surface area contributed by atoms with Gasteiger partial charge < -0.3 is 14.7 Å². The van der Waals surface area contributed by atoms with Crippen LogP contribution in [0, 0.1) is 0 Å². The third-order valence-electron chi connectivity index (χ3n) is 4.50. The molecule has 0 bridgehead atoms. The lowest BCUT2D eigenvalue weighted by Crippen LogP contribution is -2.38. The summed E-state index contributed by atoms with van der Waals surface area (Å²) in [7, 11) is 2.04. The van der Waals surface area contributed by atoms with Crippen molar-refractivity contribution >= 4 is 29.9 Å². The Balaban J connectivity index is 0.00000320. The Hall–Kier alpha value is -2.49. The fourth-order valence-corrected chi connectivity index (χ4v) is 2.91. The summed E-state index contributed by atoms with van der Waals surface area (Å²) in [5.74, 6) is 1.92. The Morgan fingerprint density at radius 1 is 1.10 bits per heavy atom. The molecule has 0 aliphatic rings. The van der Waals surface area contributed by atoms with Crippen molar-refractivity contribution in [1.82, 2.24) is 25.3 Å². The van der Waals surface area contributed by atoms with Gasteiger partial charge in [0.15, 0.2) is 11.8 Å². The van der Waals surface area contributed by atoms with Crippen molar-refractivity contribution < 1.29 is 4.52 Å². The highest BCUT2D eigenvalue weighted by Crippen LogP contribution is 2.13. The highest BCUT2D eigenvalue weighted by Gasteiger charge is 2.10. The van der Waals surface area contributed by atoms with E-state index in [1.54, 1.807) is 6.20 Å². The van der Waals surface area contributed by atoms with E-state index in [0.29, 0.717) is 30.4 Å². The van der Waals surface area contributed by atoms with Gasteiger partial charge in [-0.1, -0.05) is 42.4 Å². The molecule has 3 rings (SSSR count). The van der Waals surface area contributed by atoms with Gasteiger partial charge in [-0.3, -0.25) is 9.98 Å². The Labute approximate surface area is 195 Å². The fraction of sp³-hybridized carbons (Fsp3) is 0.364. The van der Waals surface area contributed by atoms with Crippen LogP contribution in [0.4, 0.5) is 0 Å². The fourth-order valence-electron chi connectivity index (χ4n) is 2.91. The zero-order chi connectivity index (χ0) is 20.5. The van der Waals surface area contributed by atoms with E-state index in [2.05, 4.69) is 63.5 Å². The van der Waals surface area contributed by atoms with Crippen LogP contribution in [0.2, 0.25) is 0 Å². The molecule has 0 aliphatic heterocycles. The lowest BCUT2D eigenvalue weighted by atomic mass is 10.1. The molecular weight excluding hydrogens is 491 g/mol. The first kappa shape index (κ1) is 23.8. The number of hydrogen-bond acceptors (Lipinski definition) is 5. The number of rotatable bonds is 8. The van der Waals surface area contributed by atoms with E-state index in [-0.39, 0.29) is 24.0 Å². The molecule has 0 saturated heterocycles. The van der Waals surface area contributed by atoms with E-state index in [1.807, 2.05) is 25.2 Å². The summed E-state index contributed by atoms with van der Waals surface area (Å²) in [5, 5.41) is 7.38. The molecule has 0 saturated carbocycles. The first-order valence-electron chi connectivity index (χ1n) is 10.0. The predicted molar refractivity (Wildman–Crippen MR) is 130 cm³/mol. The minimum Gasteiger partial charge on any atom is -0.357 e. The molecule has 0 spiro atoms. The number of guanidine groups is 1. The largest absolute Gasteiger partial charge is 0.357 e. The van der Waals surface area contributed by atoms with E-state index in [4.69, 9.17) is 9.52 Å². The van der Waals surface area contributed by atoms with Crippen molar-refractivity contribution in [2.24, 2.45) is 4.99 Å². The molecule has 2 aromatic heterocycles. The van der Waals surface area contributed by atoms with Gasteiger partial charge in [0.25, 0.3) is 5.89 Å². The number of nitrogens with one attached hydrogen (secondary N) is 1. The van der Waals surface area contributed by atoms with E-state index < -0.39 is 0 Å². The van der Waals surface area contributed by atoms with Crippen LogP contribution in [0.5, 0.6) is 0 Å². The van der Waals surface area contributed by atoms with Crippen molar-refractivity contribution in [2.75, 3.05) is 20.1 Å². The topological polar surface area (TPSA) is 79.4 Å². The average molecular weight is 520 g/mol. The molecule has 1 aromatic carbocycles. The third-order valence-corrected chi connectivity index (χ3v) is 4.50. The first-order chi connectivity index (χ1) is 14.2. The van der Waals surface area contributed by atoms with Crippen molar-refractivity contribution in [3.63, 3.8) is 0 Å². The molecule has 30 heavy (non-hydrogen) atoms. The van der Waals surface area contributed by atoms with Gasteiger partial charge in [0, 0.05) is 39.3 Å². The molecule has 2 heterocycles. The number of halogens is 1. The number of hydrogen-bond donors (Lipinski definition) is 1. The molecule has 0 aliphatic carbocycles. The first-order valence-corrected chi connectivity index (χ1v) is 10.0. The van der Waals surface area contributed by atoms with Gasteiger partial charge in [0.2, 0.25) is 0 Å². The van der Waals surface area contributed by atoms with Crippen molar-refractivity contribution in [2.45, 2.75) is 33.2 Å². The van der Waals surface area contributed by atoms with Gasteiger partial charge in [0.05, 0.1) is 0 Å². The number of nitrogens with zero attached hydrogens (tertiary/aromatic N) is 5. The summed E-state index contributed by atoms with van der Waals surface area (Å²) in [6.45, 7) is 6.41. The third kappa shape index (κ3) is 6.79. The molecule has 7 nitrogen and oxygen atoms in total. The maximum absolute atomic E-state index is 5.30. The molecule has 0 amide bonds. The molecular formula is C22H29IN6O. The number of pyridine rings is 1. The zero-order valence-corrected chi connectivity index (χ0v) is 20.0. The summed E-state index contributed by atoms with van der Waals surface area (Å²) in [5.41, 5.74) is 3.28. The SMILES string of the molecule is CCNC(=NCCc1noc(-c2ccccn2)n1)N(C)Cc1ccc(CC)cc1.I. The lowest BCUT2D eigenvalue weighted by Gasteiger charge is -2.22. The highest BCUT2D eigenvalue weighted by atomic mass is 127. The van der Waals surface area contributed by atoms with E-state index in [1.165, 1.54) is 11.1 Å². The second-order valence-electron chi connectivity index (χ2n) is 6.74.